The molecule has 4 nitrogen and oxygen atoms in total. The number of Topliss-reactive ketones (excluding diaryl/α,β-unsaturated/α-hetero) is 1. The van der Waals surface area contributed by atoms with Gasteiger partial charge in [0.1, 0.15) is 11.6 Å². The van der Waals surface area contributed by atoms with E-state index in [-0.39, 0.29) is 29.8 Å². The highest BCUT2D eigenvalue weighted by Gasteiger charge is 2.28. The van der Waals surface area contributed by atoms with Crippen LogP contribution in [0.3, 0.4) is 0 Å². The van der Waals surface area contributed by atoms with Crippen molar-refractivity contribution in [3.63, 3.8) is 0 Å². The van der Waals surface area contributed by atoms with Crippen LogP contribution in [0.2, 0.25) is 0 Å². The highest BCUT2D eigenvalue weighted by atomic mass is 19.1. The van der Waals surface area contributed by atoms with Crippen LogP contribution in [0.5, 0.6) is 5.75 Å². The first-order valence-electron chi connectivity index (χ1n) is 8.89. The lowest BCUT2D eigenvalue weighted by atomic mass is 9.90. The number of piperidine rings is 1. The molecule has 3 rings (SSSR count). The predicted octanol–water partition coefficient (Wildman–Crippen LogP) is 3.72. The van der Waals surface area contributed by atoms with Crippen LogP contribution in [0.25, 0.3) is 0 Å². The molecule has 1 unspecified atom stereocenters. The number of carbonyl (C=O) groups is 2. The summed E-state index contributed by atoms with van der Waals surface area (Å²) in [7, 11) is 0. The SMILES string of the molecule is O=C(c1ccc(F)cc1)C1CCCN(C(=O)CCOc2ccccc2)C1. The average Bonchev–Trinajstić information content (AvgIpc) is 2.69. The maximum absolute atomic E-state index is 13.0. The molecule has 1 heterocycles. The molecule has 1 fully saturated rings. The van der Waals surface area contributed by atoms with E-state index in [9.17, 15) is 14.0 Å². The Hall–Kier alpha value is -2.69. The van der Waals surface area contributed by atoms with Gasteiger partial charge in [0.05, 0.1) is 13.0 Å². The van der Waals surface area contributed by atoms with Crippen molar-refractivity contribution >= 4 is 11.7 Å². The standard InChI is InChI=1S/C21H22FNO3/c22-18-10-8-16(9-11-18)21(25)17-5-4-13-23(15-17)20(24)12-14-26-19-6-2-1-3-7-19/h1-3,6-11,17H,4-5,12-15H2. The first-order valence-corrected chi connectivity index (χ1v) is 8.89. The second-order valence-corrected chi connectivity index (χ2v) is 6.46. The smallest absolute Gasteiger partial charge is 0.226 e. The minimum atomic E-state index is -0.361. The maximum Gasteiger partial charge on any atom is 0.226 e. The third kappa shape index (κ3) is 4.69. The van der Waals surface area contributed by atoms with Crippen molar-refractivity contribution in [2.45, 2.75) is 19.3 Å². The van der Waals surface area contributed by atoms with Crippen LogP contribution in [-0.4, -0.2) is 36.3 Å². The van der Waals surface area contributed by atoms with Gasteiger partial charge in [0.2, 0.25) is 5.91 Å². The van der Waals surface area contributed by atoms with Crippen LogP contribution in [0.15, 0.2) is 54.6 Å². The zero-order valence-electron chi connectivity index (χ0n) is 14.6. The molecule has 1 aliphatic rings. The summed E-state index contributed by atoms with van der Waals surface area (Å²) >= 11 is 0. The van der Waals surface area contributed by atoms with E-state index in [1.165, 1.54) is 24.3 Å². The molecule has 0 aliphatic carbocycles. The van der Waals surface area contributed by atoms with Gasteiger partial charge in [-0.05, 0) is 49.2 Å². The number of likely N-dealkylation sites (tertiary alicyclic amines) is 1. The summed E-state index contributed by atoms with van der Waals surface area (Å²) in [6.45, 7) is 1.40. The Morgan fingerprint density at radius 1 is 1.08 bits per heavy atom. The van der Waals surface area contributed by atoms with Gasteiger partial charge in [-0.2, -0.15) is 0 Å². The van der Waals surface area contributed by atoms with Crippen molar-refractivity contribution in [2.75, 3.05) is 19.7 Å². The van der Waals surface area contributed by atoms with Crippen LogP contribution in [0, 0.1) is 11.7 Å². The molecular formula is C21H22FNO3. The van der Waals surface area contributed by atoms with E-state index in [1.807, 2.05) is 30.3 Å². The Kier molecular flexibility index (Phi) is 6.00. The number of carbonyl (C=O) groups excluding carboxylic acids is 2. The number of ketones is 1. The fraction of sp³-hybridized carbons (Fsp3) is 0.333. The summed E-state index contributed by atoms with van der Waals surface area (Å²) in [6.07, 6.45) is 1.83. The van der Waals surface area contributed by atoms with Gasteiger partial charge in [0, 0.05) is 24.6 Å². The lowest BCUT2D eigenvalue weighted by Gasteiger charge is -2.32. The van der Waals surface area contributed by atoms with Gasteiger partial charge in [-0.3, -0.25) is 9.59 Å². The summed E-state index contributed by atoms with van der Waals surface area (Å²) in [5.74, 6) is 0.123. The molecule has 1 aliphatic heterocycles. The Bertz CT molecular complexity index is 746. The van der Waals surface area contributed by atoms with Gasteiger partial charge in [0.25, 0.3) is 0 Å². The van der Waals surface area contributed by atoms with Crippen LogP contribution in [0.4, 0.5) is 4.39 Å². The van der Waals surface area contributed by atoms with Crippen molar-refractivity contribution in [1.82, 2.24) is 4.90 Å². The lowest BCUT2D eigenvalue weighted by Crippen LogP contribution is -2.42. The third-order valence-corrected chi connectivity index (χ3v) is 4.60. The normalized spacial score (nSPS) is 17.0. The molecule has 136 valence electrons. The van der Waals surface area contributed by atoms with Gasteiger partial charge < -0.3 is 9.64 Å². The number of nitrogens with zero attached hydrogens (tertiary/aromatic N) is 1. The number of halogens is 1. The van der Waals surface area contributed by atoms with Gasteiger partial charge >= 0.3 is 0 Å². The maximum atomic E-state index is 13.0. The molecule has 2 aromatic rings. The topological polar surface area (TPSA) is 46.6 Å². The molecule has 0 bridgehead atoms. The van der Waals surface area contributed by atoms with Crippen molar-refractivity contribution in [1.29, 1.82) is 0 Å². The van der Waals surface area contributed by atoms with Crippen LogP contribution < -0.4 is 4.74 Å². The predicted molar refractivity (Wildman–Crippen MR) is 96.6 cm³/mol. The van der Waals surface area contributed by atoms with Gasteiger partial charge in [0.15, 0.2) is 5.78 Å². The lowest BCUT2D eigenvalue weighted by molar-refractivity contribution is -0.133. The Morgan fingerprint density at radius 2 is 1.81 bits per heavy atom. The molecule has 1 amide bonds. The fourth-order valence-corrected chi connectivity index (χ4v) is 3.20. The molecule has 2 aromatic carbocycles. The zero-order valence-corrected chi connectivity index (χ0v) is 14.6. The van der Waals surface area contributed by atoms with Crippen molar-refractivity contribution in [3.05, 3.63) is 66.0 Å². The van der Waals surface area contributed by atoms with Crippen molar-refractivity contribution in [3.8, 4) is 5.75 Å². The molecule has 0 N–H and O–H groups in total. The molecule has 1 saturated heterocycles. The van der Waals surface area contributed by atoms with Crippen LogP contribution >= 0.6 is 0 Å². The zero-order chi connectivity index (χ0) is 18.4. The summed E-state index contributed by atoms with van der Waals surface area (Å²) in [5, 5.41) is 0. The third-order valence-electron chi connectivity index (χ3n) is 4.60. The van der Waals surface area contributed by atoms with E-state index in [4.69, 9.17) is 4.74 Å². The van der Waals surface area contributed by atoms with Crippen molar-refractivity contribution in [2.24, 2.45) is 5.92 Å². The number of hydrogen-bond acceptors (Lipinski definition) is 3. The second kappa shape index (κ2) is 8.61. The molecule has 0 aromatic heterocycles. The number of amides is 1. The molecule has 26 heavy (non-hydrogen) atoms. The van der Waals surface area contributed by atoms with E-state index in [1.54, 1.807) is 4.90 Å². The highest BCUT2D eigenvalue weighted by Crippen LogP contribution is 2.22. The quantitative estimate of drug-likeness (QED) is 0.742. The molecule has 0 radical (unpaired) electrons. The molecule has 0 spiro atoms. The van der Waals surface area contributed by atoms with Crippen LogP contribution in [0.1, 0.15) is 29.6 Å². The Labute approximate surface area is 152 Å². The molecular weight excluding hydrogens is 333 g/mol. The summed E-state index contributed by atoms with van der Waals surface area (Å²) in [4.78, 5) is 26.8. The summed E-state index contributed by atoms with van der Waals surface area (Å²) < 4.78 is 18.6. The highest BCUT2D eigenvalue weighted by molar-refractivity contribution is 5.98. The second-order valence-electron chi connectivity index (χ2n) is 6.46. The largest absolute Gasteiger partial charge is 0.493 e. The Balaban J connectivity index is 1.51. The minimum absolute atomic E-state index is 0.00228. The summed E-state index contributed by atoms with van der Waals surface area (Å²) in [6, 6.07) is 15.0. The number of ether oxygens (including phenoxy) is 1. The van der Waals surface area contributed by atoms with E-state index < -0.39 is 0 Å². The first-order chi connectivity index (χ1) is 12.6. The van der Waals surface area contributed by atoms with E-state index in [2.05, 4.69) is 0 Å². The van der Waals surface area contributed by atoms with E-state index in [0.29, 0.717) is 25.3 Å². The Morgan fingerprint density at radius 3 is 2.54 bits per heavy atom. The number of hydrogen-bond donors (Lipinski definition) is 0. The number of benzene rings is 2. The first kappa shape index (κ1) is 18.1. The van der Waals surface area contributed by atoms with Crippen LogP contribution in [-0.2, 0) is 4.79 Å². The van der Waals surface area contributed by atoms with Gasteiger partial charge in [-0.1, -0.05) is 18.2 Å². The van der Waals surface area contributed by atoms with E-state index in [0.717, 1.165) is 18.6 Å². The van der Waals surface area contributed by atoms with Gasteiger partial charge in [-0.25, -0.2) is 4.39 Å². The molecule has 1 atom stereocenters. The molecule has 5 heteroatoms. The average molecular weight is 355 g/mol. The number of rotatable bonds is 6. The molecule has 0 saturated carbocycles. The number of para-hydroxylation sites is 1. The summed E-state index contributed by atoms with van der Waals surface area (Å²) in [5.41, 5.74) is 0.498. The van der Waals surface area contributed by atoms with Gasteiger partial charge in [-0.15, -0.1) is 0 Å². The monoisotopic (exact) mass is 355 g/mol. The van der Waals surface area contributed by atoms with Crippen molar-refractivity contribution < 1.29 is 18.7 Å². The fourth-order valence-electron chi connectivity index (χ4n) is 3.20. The minimum Gasteiger partial charge on any atom is -0.493 e. The van der Waals surface area contributed by atoms with E-state index >= 15 is 0 Å².